The van der Waals surface area contributed by atoms with Crippen LogP contribution in [0.4, 0.5) is 0 Å². The van der Waals surface area contributed by atoms with Crippen LogP contribution in [-0.2, 0) is 10.4 Å². The average Bonchev–Trinajstić information content (AvgIpc) is 2.83. The number of amides is 1. The summed E-state index contributed by atoms with van der Waals surface area (Å²) in [4.78, 5) is 12.2. The van der Waals surface area contributed by atoms with Crippen LogP contribution in [0.2, 0.25) is 0 Å². The Balaban J connectivity index is 2.58. The highest BCUT2D eigenvalue weighted by molar-refractivity contribution is 5.78. The number of furan rings is 1. The summed E-state index contributed by atoms with van der Waals surface area (Å²) in [5.41, 5.74) is -1.17. The Morgan fingerprint density at radius 3 is 2.40 bits per heavy atom. The number of nitrogens with one attached hydrogen (secondary N) is 1. The number of aryl methyl sites for hydroxylation is 1. The molecule has 0 aliphatic rings. The van der Waals surface area contributed by atoms with Crippen LogP contribution in [-0.4, -0.2) is 17.6 Å². The lowest BCUT2D eigenvalue weighted by atomic mass is 9.96. The zero-order valence-corrected chi connectivity index (χ0v) is 13.0. The van der Waals surface area contributed by atoms with E-state index >= 15 is 0 Å². The van der Waals surface area contributed by atoms with Crippen LogP contribution in [0.5, 0.6) is 0 Å². The number of carbonyl (C=O) groups is 1. The van der Waals surface area contributed by atoms with Gasteiger partial charge in [0, 0.05) is 5.92 Å². The molecule has 20 heavy (non-hydrogen) atoms. The number of hydrogen-bond acceptors (Lipinski definition) is 3. The maximum atomic E-state index is 12.2. The van der Waals surface area contributed by atoms with E-state index < -0.39 is 5.60 Å². The molecule has 2 N–H and O–H groups in total. The van der Waals surface area contributed by atoms with Gasteiger partial charge in [-0.1, -0.05) is 26.7 Å². The van der Waals surface area contributed by atoms with E-state index in [0.29, 0.717) is 5.76 Å². The van der Waals surface area contributed by atoms with Crippen molar-refractivity contribution in [3.63, 3.8) is 0 Å². The molecule has 0 spiro atoms. The lowest BCUT2D eigenvalue weighted by Gasteiger charge is -2.23. The Hall–Kier alpha value is -1.29. The van der Waals surface area contributed by atoms with Crippen LogP contribution in [0.3, 0.4) is 0 Å². The zero-order chi connectivity index (χ0) is 15.2. The van der Waals surface area contributed by atoms with Gasteiger partial charge in [-0.3, -0.25) is 4.79 Å². The quantitative estimate of drug-likeness (QED) is 0.769. The Kier molecular flexibility index (Phi) is 6.27. The summed E-state index contributed by atoms with van der Waals surface area (Å²) in [7, 11) is 0. The first-order valence-electron chi connectivity index (χ1n) is 7.47. The van der Waals surface area contributed by atoms with Gasteiger partial charge >= 0.3 is 0 Å². The van der Waals surface area contributed by atoms with Crippen LogP contribution in [0.25, 0.3) is 0 Å². The smallest absolute Gasteiger partial charge is 0.223 e. The molecular weight excluding hydrogens is 254 g/mol. The zero-order valence-electron chi connectivity index (χ0n) is 13.0. The normalized spacial score (nSPS) is 14.3. The summed E-state index contributed by atoms with van der Waals surface area (Å²) in [6.07, 6.45) is 3.76. The van der Waals surface area contributed by atoms with Crippen molar-refractivity contribution in [3.8, 4) is 0 Å². The number of carbonyl (C=O) groups excluding carboxylic acids is 1. The Morgan fingerprint density at radius 1 is 1.35 bits per heavy atom. The largest absolute Gasteiger partial charge is 0.463 e. The third-order valence-electron chi connectivity index (χ3n) is 3.52. The molecule has 0 radical (unpaired) electrons. The van der Waals surface area contributed by atoms with Gasteiger partial charge in [0.05, 0.1) is 6.54 Å². The molecular formula is C16H27NO3. The maximum absolute atomic E-state index is 12.2. The van der Waals surface area contributed by atoms with Gasteiger partial charge in [0.25, 0.3) is 0 Å². The minimum absolute atomic E-state index is 0.0252. The summed E-state index contributed by atoms with van der Waals surface area (Å²) in [5.74, 6) is 1.30. The molecule has 1 aromatic rings. The van der Waals surface area contributed by atoms with Crippen LogP contribution in [0.15, 0.2) is 16.5 Å². The first-order chi connectivity index (χ1) is 9.40. The van der Waals surface area contributed by atoms with Crippen molar-refractivity contribution < 1.29 is 14.3 Å². The molecule has 0 aliphatic heterocycles. The molecule has 0 saturated carbocycles. The molecule has 0 fully saturated rings. The third kappa shape index (κ3) is 4.67. The standard InChI is InChI=1S/C16H27NO3/c1-5-7-13(8-6-2)15(18)17-11-16(4,19)14-10-9-12(3)20-14/h9-10,13,19H,5-8,11H2,1-4H3,(H,17,18). The van der Waals surface area contributed by atoms with Gasteiger partial charge in [0.2, 0.25) is 5.91 Å². The van der Waals surface area contributed by atoms with Crippen LogP contribution in [0, 0.1) is 12.8 Å². The molecule has 4 nitrogen and oxygen atoms in total. The number of hydrogen-bond donors (Lipinski definition) is 2. The van der Waals surface area contributed by atoms with Crippen molar-refractivity contribution in [1.82, 2.24) is 5.32 Å². The second kappa shape index (κ2) is 7.48. The fourth-order valence-electron chi connectivity index (χ4n) is 2.32. The fraction of sp³-hybridized carbons (Fsp3) is 0.688. The van der Waals surface area contributed by atoms with Gasteiger partial charge in [-0.25, -0.2) is 0 Å². The van der Waals surface area contributed by atoms with Crippen molar-refractivity contribution in [2.45, 2.75) is 59.0 Å². The van der Waals surface area contributed by atoms with Gasteiger partial charge in [-0.2, -0.15) is 0 Å². The molecule has 1 amide bonds. The second-order valence-electron chi connectivity index (χ2n) is 5.68. The first-order valence-corrected chi connectivity index (χ1v) is 7.47. The number of aliphatic hydroxyl groups is 1. The molecule has 0 saturated heterocycles. The molecule has 0 aromatic carbocycles. The first kappa shape index (κ1) is 16.8. The Morgan fingerprint density at radius 2 is 1.95 bits per heavy atom. The van der Waals surface area contributed by atoms with Crippen molar-refractivity contribution in [2.24, 2.45) is 5.92 Å². The van der Waals surface area contributed by atoms with E-state index in [9.17, 15) is 9.90 Å². The second-order valence-corrected chi connectivity index (χ2v) is 5.68. The van der Waals surface area contributed by atoms with E-state index in [1.165, 1.54) is 0 Å². The molecule has 1 atom stereocenters. The highest BCUT2D eigenvalue weighted by atomic mass is 16.4. The minimum atomic E-state index is -1.17. The average molecular weight is 281 g/mol. The molecule has 4 heteroatoms. The van der Waals surface area contributed by atoms with Gasteiger partial charge in [0.1, 0.15) is 17.1 Å². The Labute approximate surface area is 121 Å². The monoisotopic (exact) mass is 281 g/mol. The summed E-state index contributed by atoms with van der Waals surface area (Å²) in [6.45, 7) is 7.81. The predicted molar refractivity (Wildman–Crippen MR) is 79.3 cm³/mol. The molecule has 1 rings (SSSR count). The van der Waals surface area contributed by atoms with Gasteiger partial charge in [-0.05, 0) is 38.8 Å². The van der Waals surface area contributed by atoms with E-state index in [0.717, 1.165) is 31.4 Å². The number of rotatable bonds is 8. The van der Waals surface area contributed by atoms with E-state index in [-0.39, 0.29) is 18.4 Å². The molecule has 114 valence electrons. The van der Waals surface area contributed by atoms with Crippen LogP contribution >= 0.6 is 0 Å². The Bertz CT molecular complexity index is 417. The summed E-state index contributed by atoms with van der Waals surface area (Å²) < 4.78 is 5.43. The molecule has 0 aliphatic carbocycles. The maximum Gasteiger partial charge on any atom is 0.223 e. The summed E-state index contributed by atoms with van der Waals surface area (Å²) in [5, 5.41) is 13.2. The highest BCUT2D eigenvalue weighted by Gasteiger charge is 2.28. The topological polar surface area (TPSA) is 62.5 Å². The van der Waals surface area contributed by atoms with Gasteiger partial charge in [0.15, 0.2) is 0 Å². The van der Waals surface area contributed by atoms with E-state index in [4.69, 9.17) is 4.42 Å². The van der Waals surface area contributed by atoms with E-state index in [1.807, 2.05) is 13.0 Å². The van der Waals surface area contributed by atoms with Crippen LogP contribution < -0.4 is 5.32 Å². The van der Waals surface area contributed by atoms with E-state index in [1.54, 1.807) is 13.0 Å². The van der Waals surface area contributed by atoms with Crippen molar-refractivity contribution in [3.05, 3.63) is 23.7 Å². The third-order valence-corrected chi connectivity index (χ3v) is 3.52. The predicted octanol–water partition coefficient (Wildman–Crippen LogP) is 3.13. The van der Waals surface area contributed by atoms with Crippen molar-refractivity contribution in [1.29, 1.82) is 0 Å². The molecule has 0 bridgehead atoms. The summed E-state index contributed by atoms with van der Waals surface area (Å²) in [6, 6.07) is 3.56. The fourth-order valence-corrected chi connectivity index (χ4v) is 2.32. The SMILES string of the molecule is CCCC(CCC)C(=O)NCC(C)(O)c1ccc(C)o1. The van der Waals surface area contributed by atoms with E-state index in [2.05, 4.69) is 19.2 Å². The molecule has 1 heterocycles. The van der Waals surface area contributed by atoms with Gasteiger partial charge < -0.3 is 14.8 Å². The summed E-state index contributed by atoms with van der Waals surface area (Å²) >= 11 is 0. The van der Waals surface area contributed by atoms with Crippen molar-refractivity contribution >= 4 is 5.91 Å². The minimum Gasteiger partial charge on any atom is -0.463 e. The lowest BCUT2D eigenvalue weighted by molar-refractivity contribution is -0.126. The highest BCUT2D eigenvalue weighted by Crippen LogP contribution is 2.22. The van der Waals surface area contributed by atoms with Crippen LogP contribution in [0.1, 0.15) is 58.0 Å². The van der Waals surface area contributed by atoms with Gasteiger partial charge in [-0.15, -0.1) is 0 Å². The molecule has 1 aromatic heterocycles. The van der Waals surface area contributed by atoms with Crippen molar-refractivity contribution in [2.75, 3.05) is 6.54 Å². The lowest BCUT2D eigenvalue weighted by Crippen LogP contribution is -2.41. The molecule has 1 unspecified atom stereocenters.